The number of methoxy groups -OCH3 is 2. The number of sulfonamides is 1. The minimum atomic E-state index is -3.75. The molecule has 1 atom stereocenters. The number of hydrogen-bond acceptors (Lipinski definition) is 5. The molecule has 0 bridgehead atoms. The Labute approximate surface area is 147 Å². The fraction of sp³-hybridized carbons (Fsp3) is 0.333. The van der Waals surface area contributed by atoms with Crippen molar-refractivity contribution in [2.45, 2.75) is 24.0 Å². The number of rotatable bonds is 6. The summed E-state index contributed by atoms with van der Waals surface area (Å²) < 4.78 is 44.0. The first-order valence-corrected chi connectivity index (χ1v) is 9.42. The van der Waals surface area contributed by atoms with Crippen LogP contribution >= 0.6 is 0 Å². The molecule has 1 aliphatic rings. The van der Waals surface area contributed by atoms with Crippen LogP contribution in [-0.2, 0) is 27.8 Å². The highest BCUT2D eigenvalue weighted by Crippen LogP contribution is 2.28. The molecule has 2 aromatic carbocycles. The number of benzene rings is 2. The largest absolute Gasteiger partial charge is 0.497 e. The molecule has 25 heavy (non-hydrogen) atoms. The summed E-state index contributed by atoms with van der Waals surface area (Å²) in [5.74, 6) is 0.715. The molecule has 6 nitrogen and oxygen atoms in total. The van der Waals surface area contributed by atoms with Gasteiger partial charge in [-0.05, 0) is 23.3 Å². The summed E-state index contributed by atoms with van der Waals surface area (Å²) in [6.45, 7) is 0.683. The van der Waals surface area contributed by atoms with Crippen LogP contribution in [0.25, 0.3) is 0 Å². The number of hydrogen-bond donors (Lipinski definition) is 1. The van der Waals surface area contributed by atoms with Gasteiger partial charge in [0.05, 0.1) is 26.9 Å². The van der Waals surface area contributed by atoms with Crippen LogP contribution in [0.1, 0.15) is 11.1 Å². The van der Waals surface area contributed by atoms with Gasteiger partial charge in [0.2, 0.25) is 10.0 Å². The Balaban J connectivity index is 1.73. The molecule has 1 aliphatic heterocycles. The van der Waals surface area contributed by atoms with E-state index in [2.05, 4.69) is 4.72 Å². The fourth-order valence-electron chi connectivity index (χ4n) is 2.81. The van der Waals surface area contributed by atoms with Gasteiger partial charge in [0.25, 0.3) is 0 Å². The molecular weight excluding hydrogens is 342 g/mol. The van der Waals surface area contributed by atoms with Gasteiger partial charge in [-0.15, -0.1) is 0 Å². The second-order valence-corrected chi connectivity index (χ2v) is 7.51. The van der Waals surface area contributed by atoms with Crippen molar-refractivity contribution in [1.82, 2.24) is 4.72 Å². The number of ether oxygens (including phenoxy) is 3. The van der Waals surface area contributed by atoms with Crippen molar-refractivity contribution < 1.29 is 22.6 Å². The summed E-state index contributed by atoms with van der Waals surface area (Å²) >= 11 is 0. The van der Waals surface area contributed by atoms with Gasteiger partial charge in [-0.1, -0.05) is 24.3 Å². The quantitative estimate of drug-likeness (QED) is 0.851. The minimum absolute atomic E-state index is 0.0468. The van der Waals surface area contributed by atoms with Crippen molar-refractivity contribution in [3.63, 3.8) is 0 Å². The standard InChI is InChI=1S/C18H21NO5S/c1-22-15-7-8-17(23-2)18(10-15)25(20,21)19-11-16-9-13-5-3-4-6-14(13)12-24-16/h3-8,10,16,19H,9,11-12H2,1-2H3. The Kier molecular flexibility index (Phi) is 5.27. The Bertz CT molecular complexity index is 850. The van der Waals surface area contributed by atoms with Crippen LogP contribution in [0, 0.1) is 0 Å². The van der Waals surface area contributed by atoms with Crippen molar-refractivity contribution in [3.8, 4) is 11.5 Å². The van der Waals surface area contributed by atoms with Gasteiger partial charge in [0.1, 0.15) is 16.4 Å². The van der Waals surface area contributed by atoms with E-state index in [0.717, 1.165) is 5.56 Å². The fourth-order valence-corrected chi connectivity index (χ4v) is 4.06. The number of nitrogens with one attached hydrogen (secondary N) is 1. The Morgan fingerprint density at radius 1 is 1.12 bits per heavy atom. The lowest BCUT2D eigenvalue weighted by molar-refractivity contribution is 0.0322. The van der Waals surface area contributed by atoms with Crippen molar-refractivity contribution in [3.05, 3.63) is 53.6 Å². The molecule has 0 aromatic heterocycles. The normalized spacial score (nSPS) is 17.0. The summed E-state index contributed by atoms with van der Waals surface area (Å²) in [5, 5.41) is 0. The van der Waals surface area contributed by atoms with Gasteiger partial charge in [0, 0.05) is 19.0 Å². The van der Waals surface area contributed by atoms with E-state index in [9.17, 15) is 8.42 Å². The molecule has 134 valence electrons. The van der Waals surface area contributed by atoms with Gasteiger partial charge in [-0.25, -0.2) is 13.1 Å². The van der Waals surface area contributed by atoms with E-state index in [-0.39, 0.29) is 23.3 Å². The predicted molar refractivity (Wildman–Crippen MR) is 93.5 cm³/mol. The molecule has 0 amide bonds. The van der Waals surface area contributed by atoms with Crippen molar-refractivity contribution in [1.29, 1.82) is 0 Å². The summed E-state index contributed by atoms with van der Waals surface area (Å²) in [6, 6.07) is 12.7. The third-order valence-corrected chi connectivity index (χ3v) is 5.65. The molecule has 1 heterocycles. The van der Waals surface area contributed by atoms with Gasteiger partial charge in [0.15, 0.2) is 0 Å². The van der Waals surface area contributed by atoms with Crippen molar-refractivity contribution in [2.24, 2.45) is 0 Å². The highest BCUT2D eigenvalue weighted by Gasteiger charge is 2.24. The van der Waals surface area contributed by atoms with Crippen LogP contribution < -0.4 is 14.2 Å². The topological polar surface area (TPSA) is 73.9 Å². The van der Waals surface area contributed by atoms with E-state index in [1.165, 1.54) is 25.8 Å². The van der Waals surface area contributed by atoms with E-state index in [0.29, 0.717) is 18.8 Å². The summed E-state index contributed by atoms with van der Waals surface area (Å²) in [7, 11) is -0.830. The molecule has 0 fully saturated rings. The Hall–Kier alpha value is -2.09. The minimum Gasteiger partial charge on any atom is -0.497 e. The lowest BCUT2D eigenvalue weighted by Gasteiger charge is -2.25. The Morgan fingerprint density at radius 2 is 1.88 bits per heavy atom. The molecule has 0 spiro atoms. The molecule has 0 aliphatic carbocycles. The van der Waals surface area contributed by atoms with E-state index < -0.39 is 10.0 Å². The highest BCUT2D eigenvalue weighted by atomic mass is 32.2. The third-order valence-electron chi connectivity index (χ3n) is 4.20. The first-order chi connectivity index (χ1) is 12.0. The first kappa shape index (κ1) is 17.7. The van der Waals surface area contributed by atoms with Gasteiger partial charge >= 0.3 is 0 Å². The average Bonchev–Trinajstić information content (AvgIpc) is 2.65. The maximum Gasteiger partial charge on any atom is 0.244 e. The SMILES string of the molecule is COc1ccc(OC)c(S(=O)(=O)NCC2Cc3ccccc3CO2)c1. The van der Waals surface area contributed by atoms with Crippen molar-refractivity contribution in [2.75, 3.05) is 20.8 Å². The van der Waals surface area contributed by atoms with Gasteiger partial charge in [-0.3, -0.25) is 0 Å². The molecule has 3 rings (SSSR count). The van der Waals surface area contributed by atoms with Crippen LogP contribution in [0.2, 0.25) is 0 Å². The lowest BCUT2D eigenvalue weighted by Crippen LogP contribution is -2.36. The second kappa shape index (κ2) is 7.43. The predicted octanol–water partition coefficient (Wildman–Crippen LogP) is 2.12. The smallest absolute Gasteiger partial charge is 0.244 e. The van der Waals surface area contributed by atoms with Crippen LogP contribution in [0.15, 0.2) is 47.4 Å². The molecule has 1 unspecified atom stereocenters. The van der Waals surface area contributed by atoms with Crippen LogP contribution in [0.5, 0.6) is 11.5 Å². The maximum absolute atomic E-state index is 12.7. The summed E-state index contributed by atoms with van der Waals surface area (Å²) in [5.41, 5.74) is 2.34. The molecule has 7 heteroatoms. The lowest BCUT2D eigenvalue weighted by atomic mass is 9.99. The molecule has 0 saturated carbocycles. The average molecular weight is 363 g/mol. The number of fused-ring (bicyclic) bond motifs is 1. The summed E-state index contributed by atoms with van der Waals surface area (Å²) in [6.07, 6.45) is 0.467. The first-order valence-electron chi connectivity index (χ1n) is 7.93. The maximum atomic E-state index is 12.7. The molecule has 0 saturated heterocycles. The van der Waals surface area contributed by atoms with Gasteiger partial charge in [-0.2, -0.15) is 0 Å². The molecule has 2 aromatic rings. The monoisotopic (exact) mass is 363 g/mol. The zero-order valence-electron chi connectivity index (χ0n) is 14.2. The molecule has 0 radical (unpaired) electrons. The van der Waals surface area contributed by atoms with E-state index in [4.69, 9.17) is 14.2 Å². The van der Waals surface area contributed by atoms with Crippen molar-refractivity contribution >= 4 is 10.0 Å². The third kappa shape index (κ3) is 3.95. The van der Waals surface area contributed by atoms with Crippen LogP contribution in [0.3, 0.4) is 0 Å². The van der Waals surface area contributed by atoms with E-state index in [1.807, 2.05) is 24.3 Å². The summed E-state index contributed by atoms with van der Waals surface area (Å²) in [4.78, 5) is 0.0468. The Morgan fingerprint density at radius 3 is 2.60 bits per heavy atom. The van der Waals surface area contributed by atoms with E-state index >= 15 is 0 Å². The molecule has 1 N–H and O–H groups in total. The zero-order chi connectivity index (χ0) is 17.9. The van der Waals surface area contributed by atoms with E-state index in [1.54, 1.807) is 12.1 Å². The zero-order valence-corrected chi connectivity index (χ0v) is 15.0. The highest BCUT2D eigenvalue weighted by molar-refractivity contribution is 7.89. The second-order valence-electron chi connectivity index (χ2n) is 5.77. The van der Waals surface area contributed by atoms with Crippen LogP contribution in [-0.4, -0.2) is 35.3 Å². The van der Waals surface area contributed by atoms with Crippen LogP contribution in [0.4, 0.5) is 0 Å². The molecular formula is C18H21NO5S. The van der Waals surface area contributed by atoms with Gasteiger partial charge < -0.3 is 14.2 Å².